The van der Waals surface area contributed by atoms with Crippen molar-refractivity contribution in [3.05, 3.63) is 36.5 Å². The summed E-state index contributed by atoms with van der Waals surface area (Å²) in [5, 5.41) is 0. The minimum absolute atomic E-state index is 0.00888. The summed E-state index contributed by atoms with van der Waals surface area (Å²) in [6, 6.07) is 3.51. The first-order chi connectivity index (χ1) is 10.3. The van der Waals surface area contributed by atoms with E-state index in [1.54, 1.807) is 24.4 Å². The number of piperidine rings is 1. The van der Waals surface area contributed by atoms with Gasteiger partial charge in [0.15, 0.2) is 0 Å². The molecule has 5 heteroatoms. The van der Waals surface area contributed by atoms with Crippen LogP contribution in [-0.2, 0) is 4.74 Å². The summed E-state index contributed by atoms with van der Waals surface area (Å²) in [4.78, 5) is 18.5. The van der Waals surface area contributed by atoms with E-state index in [-0.39, 0.29) is 5.91 Å². The zero-order valence-electron chi connectivity index (χ0n) is 12.5. The van der Waals surface area contributed by atoms with Crippen LogP contribution in [-0.4, -0.2) is 49.2 Å². The van der Waals surface area contributed by atoms with Gasteiger partial charge in [0.25, 0.3) is 5.91 Å². The van der Waals surface area contributed by atoms with E-state index in [0.717, 1.165) is 32.5 Å². The second kappa shape index (κ2) is 7.78. The first-order valence-corrected chi connectivity index (χ1v) is 7.23. The maximum absolute atomic E-state index is 12.5. The highest BCUT2D eigenvalue weighted by atomic mass is 16.5. The van der Waals surface area contributed by atoms with Crippen LogP contribution in [0.25, 0.3) is 0 Å². The normalized spacial score (nSPS) is 15.8. The molecule has 1 amide bonds. The lowest BCUT2D eigenvalue weighted by atomic mass is 9.97. The molecule has 2 rings (SSSR count). The van der Waals surface area contributed by atoms with Crippen LogP contribution < -0.4 is 4.74 Å². The molecule has 0 bridgehead atoms. The molecule has 0 unspecified atom stereocenters. The molecular weight excluding hydrogens is 268 g/mol. The molecule has 2 heterocycles. The summed E-state index contributed by atoms with van der Waals surface area (Å²) >= 11 is 0. The molecule has 5 nitrogen and oxygen atoms in total. The molecule has 0 radical (unpaired) electrons. The summed E-state index contributed by atoms with van der Waals surface area (Å²) in [7, 11) is 1.53. The zero-order chi connectivity index (χ0) is 15.1. The van der Waals surface area contributed by atoms with Gasteiger partial charge in [-0.2, -0.15) is 0 Å². The van der Waals surface area contributed by atoms with Crippen LogP contribution in [0, 0.1) is 5.92 Å². The van der Waals surface area contributed by atoms with Crippen molar-refractivity contribution in [3.8, 4) is 5.88 Å². The van der Waals surface area contributed by atoms with Gasteiger partial charge in [0.2, 0.25) is 5.88 Å². The fourth-order valence-corrected chi connectivity index (χ4v) is 2.51. The summed E-state index contributed by atoms with van der Waals surface area (Å²) in [5.74, 6) is 0.897. The van der Waals surface area contributed by atoms with Crippen molar-refractivity contribution in [1.82, 2.24) is 9.88 Å². The molecule has 21 heavy (non-hydrogen) atoms. The number of ether oxygens (including phenoxy) is 2. The van der Waals surface area contributed by atoms with Gasteiger partial charge in [0.1, 0.15) is 5.56 Å². The van der Waals surface area contributed by atoms with Gasteiger partial charge in [-0.3, -0.25) is 4.79 Å². The van der Waals surface area contributed by atoms with Crippen LogP contribution in [0.15, 0.2) is 31.0 Å². The highest BCUT2D eigenvalue weighted by Crippen LogP contribution is 2.22. The average Bonchev–Trinajstić information content (AvgIpc) is 2.55. The van der Waals surface area contributed by atoms with Gasteiger partial charge in [0.05, 0.1) is 13.7 Å². The minimum Gasteiger partial charge on any atom is -0.480 e. The molecule has 0 aliphatic carbocycles. The Morgan fingerprint density at radius 1 is 1.52 bits per heavy atom. The molecule has 1 saturated heterocycles. The molecule has 1 aromatic heterocycles. The number of hydrogen-bond donors (Lipinski definition) is 0. The first kappa shape index (κ1) is 15.5. The molecule has 1 fully saturated rings. The van der Waals surface area contributed by atoms with Crippen LogP contribution >= 0.6 is 0 Å². The number of likely N-dealkylation sites (tertiary alicyclic amines) is 1. The highest BCUT2D eigenvalue weighted by molar-refractivity contribution is 5.96. The Balaban J connectivity index is 1.89. The van der Waals surface area contributed by atoms with Crippen molar-refractivity contribution < 1.29 is 14.3 Å². The van der Waals surface area contributed by atoms with Gasteiger partial charge in [-0.1, -0.05) is 6.08 Å². The average molecular weight is 290 g/mol. The number of aromatic nitrogens is 1. The van der Waals surface area contributed by atoms with Gasteiger partial charge in [-0.15, -0.1) is 6.58 Å². The van der Waals surface area contributed by atoms with Crippen LogP contribution in [0.3, 0.4) is 0 Å². The molecule has 114 valence electrons. The molecule has 1 aliphatic rings. The molecule has 0 saturated carbocycles. The van der Waals surface area contributed by atoms with E-state index in [1.165, 1.54) is 7.11 Å². The van der Waals surface area contributed by atoms with Crippen molar-refractivity contribution in [2.24, 2.45) is 5.92 Å². The topological polar surface area (TPSA) is 51.7 Å². The predicted octanol–water partition coefficient (Wildman–Crippen LogP) is 2.14. The number of nitrogens with zero attached hydrogens (tertiary/aromatic N) is 2. The quantitative estimate of drug-likeness (QED) is 0.595. The van der Waals surface area contributed by atoms with Crippen LogP contribution in [0.4, 0.5) is 0 Å². The predicted molar refractivity (Wildman–Crippen MR) is 80.4 cm³/mol. The largest absolute Gasteiger partial charge is 0.480 e. The van der Waals surface area contributed by atoms with E-state index < -0.39 is 0 Å². The fourth-order valence-electron chi connectivity index (χ4n) is 2.51. The van der Waals surface area contributed by atoms with Gasteiger partial charge >= 0.3 is 0 Å². The van der Waals surface area contributed by atoms with Crippen molar-refractivity contribution in [1.29, 1.82) is 0 Å². The monoisotopic (exact) mass is 290 g/mol. The Kier molecular flexibility index (Phi) is 5.75. The van der Waals surface area contributed by atoms with E-state index in [9.17, 15) is 4.79 Å². The van der Waals surface area contributed by atoms with Crippen molar-refractivity contribution >= 4 is 5.91 Å². The summed E-state index contributed by atoms with van der Waals surface area (Å²) in [6.45, 7) is 6.46. The maximum atomic E-state index is 12.5. The third kappa shape index (κ3) is 4.04. The van der Waals surface area contributed by atoms with E-state index in [1.807, 2.05) is 4.90 Å². The van der Waals surface area contributed by atoms with Gasteiger partial charge in [-0.05, 0) is 30.9 Å². The number of amides is 1. The smallest absolute Gasteiger partial charge is 0.259 e. The SMILES string of the molecule is C=CCOCC1CCN(C(=O)c2cccnc2OC)CC1. The van der Waals surface area contributed by atoms with Crippen LogP contribution in [0.1, 0.15) is 23.2 Å². The number of pyridine rings is 1. The van der Waals surface area contributed by atoms with Crippen molar-refractivity contribution in [2.75, 3.05) is 33.4 Å². The maximum Gasteiger partial charge on any atom is 0.259 e. The second-order valence-corrected chi connectivity index (χ2v) is 5.12. The van der Waals surface area contributed by atoms with Gasteiger partial charge in [-0.25, -0.2) is 4.98 Å². The Labute approximate surface area is 125 Å². The molecule has 0 aromatic carbocycles. The van der Waals surface area contributed by atoms with Crippen LogP contribution in [0.2, 0.25) is 0 Å². The van der Waals surface area contributed by atoms with Crippen LogP contribution in [0.5, 0.6) is 5.88 Å². The number of methoxy groups -OCH3 is 1. The third-order valence-corrected chi connectivity index (χ3v) is 3.69. The van der Waals surface area contributed by atoms with E-state index in [2.05, 4.69) is 11.6 Å². The Morgan fingerprint density at radius 2 is 2.29 bits per heavy atom. The fraction of sp³-hybridized carbons (Fsp3) is 0.500. The summed E-state index contributed by atoms with van der Waals surface area (Å²) in [5.41, 5.74) is 0.529. The molecule has 1 aromatic rings. The van der Waals surface area contributed by atoms with Gasteiger partial charge in [0, 0.05) is 25.9 Å². The lowest BCUT2D eigenvalue weighted by Gasteiger charge is -2.32. The lowest BCUT2D eigenvalue weighted by Crippen LogP contribution is -2.39. The Morgan fingerprint density at radius 3 is 2.95 bits per heavy atom. The van der Waals surface area contributed by atoms with Crippen molar-refractivity contribution in [3.63, 3.8) is 0 Å². The number of rotatable bonds is 6. The standard InChI is InChI=1S/C16H22N2O3/c1-3-11-21-12-13-6-9-18(10-7-13)16(19)14-5-4-8-17-15(14)20-2/h3-5,8,13H,1,6-7,9-12H2,2H3. The second-order valence-electron chi connectivity index (χ2n) is 5.12. The number of carbonyl (C=O) groups is 1. The van der Waals surface area contributed by atoms with E-state index in [4.69, 9.17) is 9.47 Å². The van der Waals surface area contributed by atoms with E-state index in [0.29, 0.717) is 24.0 Å². The van der Waals surface area contributed by atoms with E-state index >= 15 is 0 Å². The molecular formula is C16H22N2O3. The molecule has 0 N–H and O–H groups in total. The van der Waals surface area contributed by atoms with Crippen molar-refractivity contribution in [2.45, 2.75) is 12.8 Å². The van der Waals surface area contributed by atoms with Gasteiger partial charge < -0.3 is 14.4 Å². The first-order valence-electron chi connectivity index (χ1n) is 7.23. The zero-order valence-corrected chi connectivity index (χ0v) is 12.5. The summed E-state index contributed by atoms with van der Waals surface area (Å²) < 4.78 is 10.6. The molecule has 0 atom stereocenters. The minimum atomic E-state index is -0.00888. The molecule has 0 spiro atoms. The number of carbonyl (C=O) groups excluding carboxylic acids is 1. The molecule has 1 aliphatic heterocycles. The Bertz CT molecular complexity index is 482. The highest BCUT2D eigenvalue weighted by Gasteiger charge is 2.25. The lowest BCUT2D eigenvalue weighted by molar-refractivity contribution is 0.0572. The number of hydrogen-bond acceptors (Lipinski definition) is 4. The third-order valence-electron chi connectivity index (χ3n) is 3.69. The summed E-state index contributed by atoms with van der Waals surface area (Å²) in [6.07, 6.45) is 5.31. The Hall–Kier alpha value is -1.88.